The predicted molar refractivity (Wildman–Crippen MR) is 105 cm³/mol. The molecule has 2 rings (SSSR count). The first kappa shape index (κ1) is 19.8. The molecule has 6 nitrogen and oxygen atoms in total. The van der Waals surface area contributed by atoms with Crippen LogP contribution in [-0.2, 0) is 9.47 Å². The maximum Gasteiger partial charge on any atom is 0.410 e. The summed E-state index contributed by atoms with van der Waals surface area (Å²) >= 11 is 2.30. The number of hydrogen-bond donors (Lipinski definition) is 0. The van der Waals surface area contributed by atoms with Crippen LogP contribution in [0.1, 0.15) is 36.7 Å². The van der Waals surface area contributed by atoms with Gasteiger partial charge in [-0.25, -0.2) is 9.59 Å². The highest BCUT2D eigenvalue weighted by atomic mass is 127. The molecule has 0 saturated carbocycles. The molecule has 0 spiro atoms. The fourth-order valence-corrected chi connectivity index (χ4v) is 3.33. The molecule has 25 heavy (non-hydrogen) atoms. The van der Waals surface area contributed by atoms with E-state index in [1.54, 1.807) is 4.90 Å². The van der Waals surface area contributed by atoms with E-state index in [2.05, 4.69) is 27.5 Å². The molecule has 138 valence electrons. The number of halogens is 1. The minimum atomic E-state index is -0.491. The van der Waals surface area contributed by atoms with Crippen molar-refractivity contribution in [2.45, 2.75) is 33.3 Å². The number of amides is 1. The second kappa shape index (κ2) is 7.80. The Bertz CT molecular complexity index is 662. The van der Waals surface area contributed by atoms with Crippen molar-refractivity contribution in [3.8, 4) is 0 Å². The summed E-state index contributed by atoms with van der Waals surface area (Å²) in [6, 6.07) is 3.71. The third-order valence-corrected chi connectivity index (χ3v) is 5.33. The third-order valence-electron chi connectivity index (χ3n) is 3.93. The summed E-state index contributed by atoms with van der Waals surface area (Å²) in [7, 11) is 1.38. The lowest BCUT2D eigenvalue weighted by molar-refractivity contribution is 0.0240. The Morgan fingerprint density at radius 2 is 1.72 bits per heavy atom. The van der Waals surface area contributed by atoms with E-state index in [-0.39, 0.29) is 12.1 Å². The molecule has 1 fully saturated rings. The maximum absolute atomic E-state index is 12.2. The molecule has 1 saturated heterocycles. The van der Waals surface area contributed by atoms with Crippen molar-refractivity contribution in [1.82, 2.24) is 4.90 Å². The molecular formula is C18H25IN2O4. The molecule has 0 atom stereocenters. The van der Waals surface area contributed by atoms with Crippen molar-refractivity contribution >= 4 is 40.3 Å². The minimum Gasteiger partial charge on any atom is -0.465 e. The summed E-state index contributed by atoms with van der Waals surface area (Å²) in [6.07, 6.45) is -0.277. The van der Waals surface area contributed by atoms with Gasteiger partial charge in [-0.2, -0.15) is 0 Å². The first-order valence-corrected chi connectivity index (χ1v) is 9.31. The average molecular weight is 460 g/mol. The van der Waals surface area contributed by atoms with Gasteiger partial charge in [-0.05, 0) is 68.0 Å². The van der Waals surface area contributed by atoms with Crippen LogP contribution in [0.15, 0.2) is 12.1 Å². The van der Waals surface area contributed by atoms with E-state index in [0.717, 1.165) is 14.8 Å². The van der Waals surface area contributed by atoms with Crippen molar-refractivity contribution in [3.05, 3.63) is 26.8 Å². The molecule has 1 amide bonds. The van der Waals surface area contributed by atoms with Gasteiger partial charge in [0.15, 0.2) is 0 Å². The lowest BCUT2D eigenvalue weighted by Gasteiger charge is -2.37. The standard InChI is InChI=1S/C18H25IN2O4/c1-12-10-13(16(22)24-5)11-14(15(12)19)20-6-8-21(9-7-20)17(23)25-18(2,3)4/h10-11H,6-9H2,1-5H3. The van der Waals surface area contributed by atoms with Crippen molar-refractivity contribution in [2.24, 2.45) is 0 Å². The zero-order valence-corrected chi connectivity index (χ0v) is 17.5. The van der Waals surface area contributed by atoms with Gasteiger partial charge < -0.3 is 19.3 Å². The Morgan fingerprint density at radius 3 is 2.24 bits per heavy atom. The summed E-state index contributed by atoms with van der Waals surface area (Å²) in [5.74, 6) is -0.340. The molecule has 0 unspecified atom stereocenters. The lowest BCUT2D eigenvalue weighted by atomic mass is 10.1. The molecular weight excluding hydrogens is 435 g/mol. The minimum absolute atomic E-state index is 0.277. The highest BCUT2D eigenvalue weighted by Gasteiger charge is 2.27. The Balaban J connectivity index is 2.11. The number of methoxy groups -OCH3 is 1. The molecule has 0 aromatic heterocycles. The van der Waals surface area contributed by atoms with Crippen LogP contribution in [0.5, 0.6) is 0 Å². The van der Waals surface area contributed by atoms with Crippen LogP contribution < -0.4 is 4.90 Å². The van der Waals surface area contributed by atoms with Gasteiger partial charge in [0.2, 0.25) is 0 Å². The number of rotatable bonds is 2. The normalized spacial score (nSPS) is 15.1. The summed E-state index contributed by atoms with van der Waals surface area (Å²) in [4.78, 5) is 28.0. The fourth-order valence-electron chi connectivity index (χ4n) is 2.67. The number of piperazine rings is 1. The van der Waals surface area contributed by atoms with E-state index < -0.39 is 5.60 Å². The van der Waals surface area contributed by atoms with Crippen LogP contribution in [0.4, 0.5) is 10.5 Å². The van der Waals surface area contributed by atoms with Crippen LogP contribution in [0.2, 0.25) is 0 Å². The molecule has 0 bridgehead atoms. The second-order valence-electron chi connectivity index (χ2n) is 7.07. The van der Waals surface area contributed by atoms with Gasteiger partial charge in [-0.1, -0.05) is 0 Å². The summed E-state index contributed by atoms with van der Waals surface area (Å²) < 4.78 is 11.4. The number of benzene rings is 1. The van der Waals surface area contributed by atoms with Crippen LogP contribution in [-0.4, -0.2) is 55.9 Å². The number of esters is 1. The second-order valence-corrected chi connectivity index (χ2v) is 8.15. The number of anilines is 1. The number of hydrogen-bond acceptors (Lipinski definition) is 5. The smallest absolute Gasteiger partial charge is 0.410 e. The third kappa shape index (κ3) is 4.99. The summed E-state index contributed by atoms with van der Waals surface area (Å²) in [5, 5.41) is 0. The Labute approximate surface area is 162 Å². The average Bonchev–Trinajstić information content (AvgIpc) is 2.55. The van der Waals surface area contributed by atoms with Crippen LogP contribution in [0.25, 0.3) is 0 Å². The van der Waals surface area contributed by atoms with E-state index in [1.165, 1.54) is 7.11 Å². The Kier molecular flexibility index (Phi) is 6.18. The molecule has 1 aliphatic rings. The van der Waals surface area contributed by atoms with Gasteiger partial charge >= 0.3 is 12.1 Å². The van der Waals surface area contributed by atoms with E-state index in [1.807, 2.05) is 39.8 Å². The van der Waals surface area contributed by atoms with E-state index in [9.17, 15) is 9.59 Å². The molecule has 0 N–H and O–H groups in total. The van der Waals surface area contributed by atoms with Crippen molar-refractivity contribution in [1.29, 1.82) is 0 Å². The van der Waals surface area contributed by atoms with E-state index in [4.69, 9.17) is 9.47 Å². The van der Waals surface area contributed by atoms with Crippen molar-refractivity contribution in [2.75, 3.05) is 38.2 Å². The van der Waals surface area contributed by atoms with Gasteiger partial charge in [0.05, 0.1) is 18.4 Å². The molecule has 0 aliphatic carbocycles. The zero-order chi connectivity index (χ0) is 18.8. The number of nitrogens with zero attached hydrogens (tertiary/aromatic N) is 2. The van der Waals surface area contributed by atoms with Gasteiger partial charge in [-0.3, -0.25) is 0 Å². The molecule has 1 heterocycles. The van der Waals surface area contributed by atoms with E-state index >= 15 is 0 Å². The number of aryl methyl sites for hydroxylation is 1. The summed E-state index contributed by atoms with van der Waals surface area (Å²) in [5.41, 5.74) is 2.10. The van der Waals surface area contributed by atoms with Gasteiger partial charge in [0.1, 0.15) is 5.60 Å². The zero-order valence-electron chi connectivity index (χ0n) is 15.4. The number of carbonyl (C=O) groups excluding carboxylic acids is 2. The SMILES string of the molecule is COC(=O)c1cc(C)c(I)c(N2CCN(C(=O)OC(C)(C)C)CC2)c1. The quantitative estimate of drug-likeness (QED) is 0.500. The largest absolute Gasteiger partial charge is 0.465 e. The molecule has 1 aromatic carbocycles. The monoisotopic (exact) mass is 460 g/mol. The fraction of sp³-hybridized carbons (Fsp3) is 0.556. The van der Waals surface area contributed by atoms with Gasteiger partial charge in [-0.15, -0.1) is 0 Å². The highest BCUT2D eigenvalue weighted by Crippen LogP contribution is 2.29. The molecule has 1 aliphatic heterocycles. The number of carbonyl (C=O) groups is 2. The van der Waals surface area contributed by atoms with Crippen LogP contribution in [0.3, 0.4) is 0 Å². The molecule has 7 heteroatoms. The topological polar surface area (TPSA) is 59.1 Å². The molecule has 0 radical (unpaired) electrons. The lowest BCUT2D eigenvalue weighted by Crippen LogP contribution is -2.50. The van der Waals surface area contributed by atoms with Gasteiger partial charge in [0.25, 0.3) is 0 Å². The predicted octanol–water partition coefficient (Wildman–Crippen LogP) is 3.44. The van der Waals surface area contributed by atoms with Gasteiger partial charge in [0, 0.05) is 29.7 Å². The Morgan fingerprint density at radius 1 is 1.12 bits per heavy atom. The highest BCUT2D eigenvalue weighted by molar-refractivity contribution is 14.1. The van der Waals surface area contributed by atoms with Crippen LogP contribution in [0, 0.1) is 10.5 Å². The molecule has 1 aromatic rings. The van der Waals surface area contributed by atoms with E-state index in [0.29, 0.717) is 31.7 Å². The van der Waals surface area contributed by atoms with Crippen molar-refractivity contribution in [3.63, 3.8) is 0 Å². The first-order valence-electron chi connectivity index (χ1n) is 8.23. The van der Waals surface area contributed by atoms with Crippen molar-refractivity contribution < 1.29 is 19.1 Å². The summed E-state index contributed by atoms with van der Waals surface area (Å²) in [6.45, 7) is 10.1. The number of ether oxygens (including phenoxy) is 2. The first-order chi connectivity index (χ1) is 11.6. The Hall–Kier alpha value is -1.51. The maximum atomic E-state index is 12.2. The van der Waals surface area contributed by atoms with Crippen LogP contribution >= 0.6 is 22.6 Å².